The second-order valence-electron chi connectivity index (χ2n) is 3.42. The van der Waals surface area contributed by atoms with Crippen LogP contribution in [0.25, 0.3) is 0 Å². The summed E-state index contributed by atoms with van der Waals surface area (Å²) in [6.07, 6.45) is 5.47. The maximum absolute atomic E-state index is 5.64. The molecule has 1 saturated heterocycles. The van der Waals surface area contributed by atoms with Crippen LogP contribution in [-0.2, 0) is 14.2 Å². The van der Waals surface area contributed by atoms with Crippen molar-refractivity contribution in [3.63, 3.8) is 0 Å². The summed E-state index contributed by atoms with van der Waals surface area (Å²) in [5, 5.41) is 0. The minimum Gasteiger partial charge on any atom is -0.373 e. The van der Waals surface area contributed by atoms with Crippen LogP contribution in [0.2, 0.25) is 0 Å². The molecule has 3 nitrogen and oxygen atoms in total. The Kier molecular flexibility index (Phi) is 2.98. The van der Waals surface area contributed by atoms with Crippen LogP contribution in [0.3, 0.4) is 0 Å². The normalized spacial score (nSPS) is 38.0. The van der Waals surface area contributed by atoms with E-state index >= 15 is 0 Å². The topological polar surface area (TPSA) is 27.7 Å². The summed E-state index contributed by atoms with van der Waals surface area (Å²) in [4.78, 5) is 0. The fourth-order valence-electron chi connectivity index (χ4n) is 1.90. The largest absolute Gasteiger partial charge is 0.373 e. The number of fused-ring (bicyclic) bond motifs is 1. The van der Waals surface area contributed by atoms with Crippen molar-refractivity contribution in [2.24, 2.45) is 0 Å². The van der Waals surface area contributed by atoms with Crippen molar-refractivity contribution in [1.82, 2.24) is 0 Å². The Balaban J connectivity index is 1.89. The third-order valence-electron chi connectivity index (χ3n) is 2.57. The highest BCUT2D eigenvalue weighted by atomic mass is 16.7. The summed E-state index contributed by atoms with van der Waals surface area (Å²) in [5.74, 6) is 0. The van der Waals surface area contributed by atoms with Gasteiger partial charge in [-0.15, -0.1) is 0 Å². The van der Waals surface area contributed by atoms with Crippen molar-refractivity contribution in [2.45, 2.75) is 37.9 Å². The van der Waals surface area contributed by atoms with E-state index in [1.165, 1.54) is 12.8 Å². The Labute approximate surface area is 73.0 Å². The maximum Gasteiger partial charge on any atom is 0.147 e. The SMILES string of the molecule is C1CCC2OCOCCOC2C1. The highest BCUT2D eigenvalue weighted by molar-refractivity contribution is 4.76. The van der Waals surface area contributed by atoms with Gasteiger partial charge in [0.05, 0.1) is 25.4 Å². The molecular formula is C9H16O3. The van der Waals surface area contributed by atoms with Gasteiger partial charge >= 0.3 is 0 Å². The summed E-state index contributed by atoms with van der Waals surface area (Å²) < 4.78 is 16.4. The van der Waals surface area contributed by atoms with E-state index in [4.69, 9.17) is 14.2 Å². The fourth-order valence-corrected chi connectivity index (χ4v) is 1.90. The third-order valence-corrected chi connectivity index (χ3v) is 2.57. The highest BCUT2D eigenvalue weighted by Gasteiger charge is 2.27. The van der Waals surface area contributed by atoms with Gasteiger partial charge in [-0.1, -0.05) is 12.8 Å². The minimum absolute atomic E-state index is 0.291. The molecule has 0 aromatic heterocycles. The zero-order chi connectivity index (χ0) is 8.23. The third kappa shape index (κ3) is 1.97. The molecule has 0 radical (unpaired) electrons. The van der Waals surface area contributed by atoms with E-state index in [-0.39, 0.29) is 0 Å². The van der Waals surface area contributed by atoms with Crippen LogP contribution in [0, 0.1) is 0 Å². The molecule has 1 aliphatic carbocycles. The molecule has 2 aliphatic rings. The molecule has 1 heterocycles. The summed E-state index contributed by atoms with van der Waals surface area (Å²) in [6, 6.07) is 0. The number of rotatable bonds is 0. The van der Waals surface area contributed by atoms with Gasteiger partial charge in [-0.2, -0.15) is 0 Å². The average molecular weight is 172 g/mol. The van der Waals surface area contributed by atoms with E-state index in [9.17, 15) is 0 Å². The van der Waals surface area contributed by atoms with Gasteiger partial charge in [-0.25, -0.2) is 0 Å². The van der Waals surface area contributed by atoms with E-state index in [1.54, 1.807) is 0 Å². The first-order valence-electron chi connectivity index (χ1n) is 4.78. The summed E-state index contributed by atoms with van der Waals surface area (Å²) in [7, 11) is 0. The van der Waals surface area contributed by atoms with Gasteiger partial charge in [0.1, 0.15) is 6.79 Å². The lowest BCUT2D eigenvalue weighted by Crippen LogP contribution is -2.38. The number of hydrogen-bond donors (Lipinski definition) is 0. The first-order chi connectivity index (χ1) is 5.97. The highest BCUT2D eigenvalue weighted by Crippen LogP contribution is 2.24. The van der Waals surface area contributed by atoms with Crippen molar-refractivity contribution in [1.29, 1.82) is 0 Å². The zero-order valence-electron chi connectivity index (χ0n) is 7.33. The van der Waals surface area contributed by atoms with E-state index in [0.29, 0.717) is 25.6 Å². The first kappa shape index (κ1) is 8.48. The molecule has 0 bridgehead atoms. The Morgan fingerprint density at radius 1 is 0.833 bits per heavy atom. The van der Waals surface area contributed by atoms with E-state index in [2.05, 4.69) is 0 Å². The number of ether oxygens (including phenoxy) is 3. The monoisotopic (exact) mass is 172 g/mol. The van der Waals surface area contributed by atoms with Crippen LogP contribution in [-0.4, -0.2) is 32.2 Å². The molecule has 2 rings (SSSR count). The van der Waals surface area contributed by atoms with Crippen molar-refractivity contribution in [2.75, 3.05) is 20.0 Å². The Morgan fingerprint density at radius 2 is 1.58 bits per heavy atom. The Hall–Kier alpha value is -0.120. The molecule has 2 fully saturated rings. The molecule has 0 N–H and O–H groups in total. The van der Waals surface area contributed by atoms with E-state index in [0.717, 1.165) is 19.4 Å². The van der Waals surface area contributed by atoms with Crippen molar-refractivity contribution in [3.8, 4) is 0 Å². The molecule has 0 aromatic rings. The molecule has 0 amide bonds. The van der Waals surface area contributed by atoms with Gasteiger partial charge in [-0.3, -0.25) is 0 Å². The molecule has 1 saturated carbocycles. The summed E-state index contributed by atoms with van der Waals surface area (Å²) in [6.45, 7) is 1.85. The van der Waals surface area contributed by atoms with Gasteiger partial charge in [0.2, 0.25) is 0 Å². The van der Waals surface area contributed by atoms with Gasteiger partial charge in [0.25, 0.3) is 0 Å². The first-order valence-corrected chi connectivity index (χ1v) is 4.78. The van der Waals surface area contributed by atoms with Crippen LogP contribution in [0.5, 0.6) is 0 Å². The molecule has 2 atom stereocenters. The quantitative estimate of drug-likeness (QED) is 0.551. The lowest BCUT2D eigenvalue weighted by molar-refractivity contribution is -0.184. The molecule has 12 heavy (non-hydrogen) atoms. The summed E-state index contributed by atoms with van der Waals surface area (Å²) in [5.41, 5.74) is 0. The van der Waals surface area contributed by atoms with Gasteiger partial charge in [-0.05, 0) is 12.8 Å². The van der Waals surface area contributed by atoms with Gasteiger partial charge in [0, 0.05) is 0 Å². The second kappa shape index (κ2) is 4.21. The molecule has 0 spiro atoms. The van der Waals surface area contributed by atoms with E-state index < -0.39 is 0 Å². The molecule has 70 valence electrons. The molecular weight excluding hydrogens is 156 g/mol. The van der Waals surface area contributed by atoms with Gasteiger partial charge in [0.15, 0.2) is 0 Å². The zero-order valence-corrected chi connectivity index (χ0v) is 7.33. The minimum atomic E-state index is 0.291. The standard InChI is InChI=1S/C9H16O3/c1-2-4-9-8(3-1)11-6-5-10-7-12-9/h8-9H,1-7H2. The predicted octanol–water partition coefficient (Wildman–Crippen LogP) is 1.32. The fraction of sp³-hybridized carbons (Fsp3) is 1.00. The van der Waals surface area contributed by atoms with Crippen molar-refractivity contribution >= 4 is 0 Å². The smallest absolute Gasteiger partial charge is 0.147 e. The number of hydrogen-bond acceptors (Lipinski definition) is 3. The van der Waals surface area contributed by atoms with Crippen molar-refractivity contribution in [3.05, 3.63) is 0 Å². The molecule has 3 heteroatoms. The van der Waals surface area contributed by atoms with Crippen LogP contribution in [0.1, 0.15) is 25.7 Å². The van der Waals surface area contributed by atoms with E-state index in [1.807, 2.05) is 0 Å². The average Bonchev–Trinajstić information content (AvgIpc) is 2.06. The maximum atomic E-state index is 5.64. The van der Waals surface area contributed by atoms with Gasteiger partial charge < -0.3 is 14.2 Å². The second-order valence-corrected chi connectivity index (χ2v) is 3.42. The predicted molar refractivity (Wildman–Crippen MR) is 43.9 cm³/mol. The van der Waals surface area contributed by atoms with Crippen molar-refractivity contribution < 1.29 is 14.2 Å². The molecule has 0 aromatic carbocycles. The summed E-state index contributed by atoms with van der Waals surface area (Å²) >= 11 is 0. The van der Waals surface area contributed by atoms with Crippen LogP contribution >= 0.6 is 0 Å². The lowest BCUT2D eigenvalue weighted by Gasteiger charge is -2.32. The van der Waals surface area contributed by atoms with Crippen LogP contribution in [0.15, 0.2) is 0 Å². The molecule has 2 unspecified atom stereocenters. The molecule has 1 aliphatic heterocycles. The van der Waals surface area contributed by atoms with Crippen LogP contribution in [0.4, 0.5) is 0 Å². The van der Waals surface area contributed by atoms with Crippen LogP contribution < -0.4 is 0 Å². The lowest BCUT2D eigenvalue weighted by atomic mass is 9.94. The Morgan fingerprint density at radius 3 is 2.42 bits per heavy atom. The Bertz CT molecular complexity index is 122.